The SMILES string of the molecule is COc1ccc(CCN(C)c2cccc(N)c2)cc1. The molecule has 0 aliphatic heterocycles. The Kier molecular flexibility index (Phi) is 4.29. The maximum Gasteiger partial charge on any atom is 0.118 e. The first-order valence-electron chi connectivity index (χ1n) is 6.38. The van der Waals surface area contributed by atoms with Gasteiger partial charge in [-0.25, -0.2) is 0 Å². The minimum atomic E-state index is 0.800. The second-order valence-electron chi connectivity index (χ2n) is 4.61. The van der Waals surface area contributed by atoms with E-state index in [2.05, 4.69) is 30.1 Å². The molecule has 0 aliphatic rings. The van der Waals surface area contributed by atoms with Gasteiger partial charge in [0.15, 0.2) is 0 Å². The van der Waals surface area contributed by atoms with E-state index < -0.39 is 0 Å². The van der Waals surface area contributed by atoms with E-state index in [0.29, 0.717) is 0 Å². The van der Waals surface area contributed by atoms with Crippen LogP contribution in [-0.4, -0.2) is 20.7 Å². The number of hydrogen-bond donors (Lipinski definition) is 1. The van der Waals surface area contributed by atoms with E-state index in [1.54, 1.807) is 7.11 Å². The molecule has 0 fully saturated rings. The van der Waals surface area contributed by atoms with Crippen molar-refractivity contribution < 1.29 is 4.74 Å². The van der Waals surface area contributed by atoms with Crippen molar-refractivity contribution in [2.24, 2.45) is 0 Å². The molecule has 0 radical (unpaired) electrons. The van der Waals surface area contributed by atoms with Crippen LogP contribution in [0.15, 0.2) is 48.5 Å². The summed E-state index contributed by atoms with van der Waals surface area (Å²) in [4.78, 5) is 2.21. The van der Waals surface area contributed by atoms with Crippen LogP contribution in [0, 0.1) is 0 Å². The summed E-state index contributed by atoms with van der Waals surface area (Å²) in [5.41, 5.74) is 9.04. The molecule has 0 aromatic heterocycles. The highest BCUT2D eigenvalue weighted by atomic mass is 16.5. The molecule has 2 aromatic rings. The molecule has 0 unspecified atom stereocenters. The van der Waals surface area contributed by atoms with Gasteiger partial charge in [-0.15, -0.1) is 0 Å². The Morgan fingerprint density at radius 3 is 2.47 bits per heavy atom. The Labute approximate surface area is 114 Å². The predicted octanol–water partition coefficient (Wildman–Crippen LogP) is 2.96. The third-order valence-corrected chi connectivity index (χ3v) is 3.21. The van der Waals surface area contributed by atoms with Crippen LogP contribution < -0.4 is 15.4 Å². The summed E-state index contributed by atoms with van der Waals surface area (Å²) in [5.74, 6) is 0.896. The minimum Gasteiger partial charge on any atom is -0.497 e. The Morgan fingerprint density at radius 2 is 1.84 bits per heavy atom. The number of anilines is 2. The predicted molar refractivity (Wildman–Crippen MR) is 80.8 cm³/mol. The maximum absolute atomic E-state index is 5.80. The summed E-state index contributed by atoms with van der Waals surface area (Å²) in [5, 5.41) is 0. The quantitative estimate of drug-likeness (QED) is 0.836. The van der Waals surface area contributed by atoms with Crippen LogP contribution in [0.25, 0.3) is 0 Å². The van der Waals surface area contributed by atoms with Gasteiger partial charge in [-0.2, -0.15) is 0 Å². The zero-order valence-electron chi connectivity index (χ0n) is 11.5. The average molecular weight is 256 g/mol. The summed E-state index contributed by atoms with van der Waals surface area (Å²) in [6, 6.07) is 16.2. The van der Waals surface area contributed by atoms with E-state index >= 15 is 0 Å². The second-order valence-corrected chi connectivity index (χ2v) is 4.61. The van der Waals surface area contributed by atoms with Crippen LogP contribution in [0.1, 0.15) is 5.56 Å². The molecule has 2 aromatic carbocycles. The minimum absolute atomic E-state index is 0.800. The molecule has 0 amide bonds. The van der Waals surface area contributed by atoms with Gasteiger partial charge in [0.2, 0.25) is 0 Å². The van der Waals surface area contributed by atoms with Crippen LogP contribution >= 0.6 is 0 Å². The normalized spacial score (nSPS) is 10.2. The van der Waals surface area contributed by atoms with Crippen molar-refractivity contribution in [2.75, 3.05) is 31.3 Å². The lowest BCUT2D eigenvalue weighted by Crippen LogP contribution is -2.20. The van der Waals surface area contributed by atoms with Crippen molar-refractivity contribution in [1.82, 2.24) is 0 Å². The fourth-order valence-corrected chi connectivity index (χ4v) is 1.98. The number of benzene rings is 2. The maximum atomic E-state index is 5.80. The third kappa shape index (κ3) is 3.65. The standard InChI is InChI=1S/C16H20N2O/c1-18(15-5-3-4-14(17)12-15)11-10-13-6-8-16(19-2)9-7-13/h3-9,12H,10-11,17H2,1-2H3. The van der Waals surface area contributed by atoms with E-state index in [1.807, 2.05) is 30.3 Å². The van der Waals surface area contributed by atoms with Gasteiger partial charge in [0, 0.05) is 25.0 Å². The highest BCUT2D eigenvalue weighted by molar-refractivity contribution is 5.55. The lowest BCUT2D eigenvalue weighted by molar-refractivity contribution is 0.414. The average Bonchev–Trinajstić information content (AvgIpc) is 2.45. The van der Waals surface area contributed by atoms with E-state index in [1.165, 1.54) is 5.56 Å². The smallest absolute Gasteiger partial charge is 0.118 e. The van der Waals surface area contributed by atoms with Crippen molar-refractivity contribution in [3.05, 3.63) is 54.1 Å². The number of hydrogen-bond acceptors (Lipinski definition) is 3. The molecule has 0 atom stereocenters. The third-order valence-electron chi connectivity index (χ3n) is 3.21. The number of nitrogens with zero attached hydrogens (tertiary/aromatic N) is 1. The lowest BCUT2D eigenvalue weighted by Gasteiger charge is -2.19. The van der Waals surface area contributed by atoms with Gasteiger partial charge in [0.1, 0.15) is 5.75 Å². The molecule has 100 valence electrons. The van der Waals surface area contributed by atoms with Gasteiger partial charge in [0.05, 0.1) is 7.11 Å². The Hall–Kier alpha value is -2.16. The number of ether oxygens (including phenoxy) is 1. The fraction of sp³-hybridized carbons (Fsp3) is 0.250. The van der Waals surface area contributed by atoms with Gasteiger partial charge in [-0.3, -0.25) is 0 Å². The summed E-state index contributed by atoms with van der Waals surface area (Å²) in [6.45, 7) is 0.954. The van der Waals surface area contributed by atoms with Gasteiger partial charge < -0.3 is 15.4 Å². The van der Waals surface area contributed by atoms with Crippen LogP contribution in [0.2, 0.25) is 0 Å². The Bertz CT molecular complexity index is 523. The molecule has 0 bridgehead atoms. The zero-order valence-corrected chi connectivity index (χ0v) is 11.5. The molecule has 0 spiro atoms. The molecule has 2 rings (SSSR count). The number of nitrogens with two attached hydrogens (primary N) is 1. The summed E-state index contributed by atoms with van der Waals surface area (Å²) in [7, 11) is 3.76. The second kappa shape index (κ2) is 6.14. The number of methoxy groups -OCH3 is 1. The highest BCUT2D eigenvalue weighted by Crippen LogP contribution is 2.17. The molecular formula is C16H20N2O. The van der Waals surface area contributed by atoms with E-state index in [-0.39, 0.29) is 0 Å². The number of nitrogen functional groups attached to an aromatic ring is 1. The van der Waals surface area contributed by atoms with Gasteiger partial charge in [0.25, 0.3) is 0 Å². The Morgan fingerprint density at radius 1 is 1.11 bits per heavy atom. The van der Waals surface area contributed by atoms with E-state index in [4.69, 9.17) is 10.5 Å². The Balaban J connectivity index is 1.94. The van der Waals surface area contributed by atoms with Crippen LogP contribution in [0.3, 0.4) is 0 Å². The highest BCUT2D eigenvalue weighted by Gasteiger charge is 2.02. The monoisotopic (exact) mass is 256 g/mol. The molecular weight excluding hydrogens is 236 g/mol. The lowest BCUT2D eigenvalue weighted by atomic mass is 10.1. The fourth-order valence-electron chi connectivity index (χ4n) is 1.98. The first kappa shape index (κ1) is 13.3. The molecule has 0 saturated carbocycles. The van der Waals surface area contributed by atoms with E-state index in [9.17, 15) is 0 Å². The summed E-state index contributed by atoms with van der Waals surface area (Å²) in [6.07, 6.45) is 0.995. The molecule has 0 saturated heterocycles. The molecule has 19 heavy (non-hydrogen) atoms. The van der Waals surface area contributed by atoms with Crippen molar-refractivity contribution in [2.45, 2.75) is 6.42 Å². The molecule has 2 N–H and O–H groups in total. The van der Waals surface area contributed by atoms with Gasteiger partial charge >= 0.3 is 0 Å². The largest absolute Gasteiger partial charge is 0.497 e. The van der Waals surface area contributed by atoms with Gasteiger partial charge in [-0.05, 0) is 42.3 Å². The topological polar surface area (TPSA) is 38.5 Å². The summed E-state index contributed by atoms with van der Waals surface area (Å²) >= 11 is 0. The molecule has 3 heteroatoms. The molecule has 3 nitrogen and oxygen atoms in total. The summed E-state index contributed by atoms with van der Waals surface area (Å²) < 4.78 is 5.15. The number of likely N-dealkylation sites (N-methyl/N-ethyl adjacent to an activating group) is 1. The first-order valence-corrected chi connectivity index (χ1v) is 6.38. The molecule has 0 aliphatic carbocycles. The molecule has 0 heterocycles. The van der Waals surface area contributed by atoms with Crippen molar-refractivity contribution in [3.63, 3.8) is 0 Å². The zero-order chi connectivity index (χ0) is 13.7. The van der Waals surface area contributed by atoms with Crippen LogP contribution in [0.4, 0.5) is 11.4 Å². The van der Waals surface area contributed by atoms with Crippen LogP contribution in [-0.2, 0) is 6.42 Å². The number of rotatable bonds is 5. The van der Waals surface area contributed by atoms with Gasteiger partial charge in [-0.1, -0.05) is 18.2 Å². The van der Waals surface area contributed by atoms with Crippen LogP contribution in [0.5, 0.6) is 5.75 Å². The van der Waals surface area contributed by atoms with Crippen molar-refractivity contribution in [3.8, 4) is 5.75 Å². The van der Waals surface area contributed by atoms with E-state index in [0.717, 1.165) is 30.1 Å². The van der Waals surface area contributed by atoms with Crippen molar-refractivity contribution >= 4 is 11.4 Å². The first-order chi connectivity index (χ1) is 9.19. The van der Waals surface area contributed by atoms with Crippen molar-refractivity contribution in [1.29, 1.82) is 0 Å².